The van der Waals surface area contributed by atoms with Gasteiger partial charge < -0.3 is 5.32 Å². The van der Waals surface area contributed by atoms with Gasteiger partial charge in [0.1, 0.15) is 0 Å². The van der Waals surface area contributed by atoms with Gasteiger partial charge in [0.25, 0.3) is 11.8 Å². The number of carbonyl (C=O) groups excluding carboxylic acids is 3. The topological polar surface area (TPSA) is 79.4 Å². The maximum absolute atomic E-state index is 12.9. The normalized spacial score (nSPS) is 13.3. The molecule has 1 aliphatic heterocycles. The molecule has 148 valence electrons. The summed E-state index contributed by atoms with van der Waals surface area (Å²) < 4.78 is 1.00. The highest BCUT2D eigenvalue weighted by Crippen LogP contribution is 2.30. The number of nitrogens with one attached hydrogen (secondary N) is 1. The van der Waals surface area contributed by atoms with Crippen molar-refractivity contribution in [3.05, 3.63) is 71.8 Å². The van der Waals surface area contributed by atoms with Crippen LogP contribution in [-0.2, 0) is 4.79 Å². The summed E-state index contributed by atoms with van der Waals surface area (Å²) in [7, 11) is 0. The molecule has 30 heavy (non-hydrogen) atoms. The number of fused-ring (bicyclic) bond motifs is 1. The van der Waals surface area contributed by atoms with E-state index in [4.69, 9.17) is 0 Å². The third-order valence-corrected chi connectivity index (χ3v) is 6.13. The second kappa shape index (κ2) is 7.35. The fourth-order valence-electron chi connectivity index (χ4n) is 3.79. The van der Waals surface area contributed by atoms with Crippen molar-refractivity contribution in [1.29, 1.82) is 0 Å². The zero-order valence-electron chi connectivity index (χ0n) is 15.9. The molecule has 0 saturated carbocycles. The predicted octanol–water partition coefficient (Wildman–Crippen LogP) is 4.46. The Balaban J connectivity index is 1.26. The summed E-state index contributed by atoms with van der Waals surface area (Å²) >= 11 is 1.42. The van der Waals surface area contributed by atoms with Gasteiger partial charge in [-0.3, -0.25) is 19.3 Å². The largest absolute Gasteiger partial charge is 0.302 e. The zero-order chi connectivity index (χ0) is 20.7. The van der Waals surface area contributed by atoms with Crippen LogP contribution in [-0.4, -0.2) is 34.2 Å². The van der Waals surface area contributed by atoms with Crippen LogP contribution in [0.4, 0.5) is 5.13 Å². The highest BCUT2D eigenvalue weighted by molar-refractivity contribution is 7.22. The van der Waals surface area contributed by atoms with Crippen LogP contribution in [0.25, 0.3) is 21.0 Å². The molecule has 0 bridgehead atoms. The quantitative estimate of drug-likeness (QED) is 0.488. The van der Waals surface area contributed by atoms with E-state index in [2.05, 4.69) is 10.3 Å². The van der Waals surface area contributed by atoms with Crippen molar-refractivity contribution < 1.29 is 14.4 Å². The van der Waals surface area contributed by atoms with Gasteiger partial charge >= 0.3 is 0 Å². The number of hydrogen-bond donors (Lipinski definition) is 1. The summed E-state index contributed by atoms with van der Waals surface area (Å²) in [5, 5.41) is 4.94. The first-order valence-corrected chi connectivity index (χ1v) is 10.5. The molecule has 7 heteroatoms. The summed E-state index contributed by atoms with van der Waals surface area (Å²) in [6.45, 7) is 0.190. The second-order valence-corrected chi connectivity index (χ2v) is 8.14. The Labute approximate surface area is 176 Å². The Morgan fingerprint density at radius 3 is 2.33 bits per heavy atom. The van der Waals surface area contributed by atoms with Gasteiger partial charge in [-0.25, -0.2) is 4.98 Å². The molecule has 1 aliphatic rings. The number of para-hydroxylation sites is 1. The molecule has 3 amide bonds. The maximum Gasteiger partial charge on any atom is 0.261 e. The van der Waals surface area contributed by atoms with E-state index in [-0.39, 0.29) is 30.7 Å². The number of amides is 3. The van der Waals surface area contributed by atoms with E-state index in [1.54, 1.807) is 12.1 Å². The molecular formula is C23H17N3O3S. The molecule has 0 radical (unpaired) electrons. The Hall–Kier alpha value is -3.58. The molecular weight excluding hydrogens is 398 g/mol. The van der Waals surface area contributed by atoms with Gasteiger partial charge in [-0.15, -0.1) is 0 Å². The molecule has 3 aromatic carbocycles. The van der Waals surface area contributed by atoms with Gasteiger partial charge in [-0.2, -0.15) is 0 Å². The van der Waals surface area contributed by atoms with Gasteiger partial charge in [-0.1, -0.05) is 47.7 Å². The molecule has 1 N–H and O–H groups in total. The maximum atomic E-state index is 12.9. The first-order valence-electron chi connectivity index (χ1n) is 9.65. The molecule has 0 atom stereocenters. The van der Waals surface area contributed by atoms with Gasteiger partial charge in [0.15, 0.2) is 5.13 Å². The van der Waals surface area contributed by atoms with E-state index in [9.17, 15) is 14.4 Å². The summed E-state index contributed by atoms with van der Waals surface area (Å²) in [5.74, 6) is -0.805. The second-order valence-electron chi connectivity index (χ2n) is 7.11. The monoisotopic (exact) mass is 415 g/mol. The lowest BCUT2D eigenvalue weighted by Gasteiger charge is -2.27. The third kappa shape index (κ3) is 3.13. The van der Waals surface area contributed by atoms with Crippen molar-refractivity contribution in [2.45, 2.75) is 12.8 Å². The molecule has 0 spiro atoms. The van der Waals surface area contributed by atoms with Crippen LogP contribution >= 0.6 is 11.3 Å². The highest BCUT2D eigenvalue weighted by Gasteiger charge is 2.32. The molecule has 0 unspecified atom stereocenters. The number of rotatable bonds is 5. The Bertz CT molecular complexity index is 1240. The van der Waals surface area contributed by atoms with Crippen molar-refractivity contribution in [3.63, 3.8) is 0 Å². The predicted molar refractivity (Wildman–Crippen MR) is 117 cm³/mol. The number of carbonyl (C=O) groups is 3. The minimum atomic E-state index is -0.309. The molecule has 6 nitrogen and oxygen atoms in total. The standard InChI is InChI=1S/C23H17N3O3S/c27-19(25-23-24-17-10-1-2-11-18(17)30-23)12-5-13-26-21(28)15-8-3-6-14-7-4-9-16(20(14)15)22(26)29/h1-4,6-11H,5,12-13H2,(H,24,25,27). The van der Waals surface area contributed by atoms with Crippen LogP contribution in [0, 0.1) is 0 Å². The lowest BCUT2D eigenvalue weighted by Crippen LogP contribution is -2.41. The number of imide groups is 1. The van der Waals surface area contributed by atoms with Gasteiger partial charge in [0.05, 0.1) is 10.2 Å². The number of aromatic nitrogens is 1. The number of thiazole rings is 1. The average molecular weight is 415 g/mol. The van der Waals surface area contributed by atoms with E-state index in [1.165, 1.54) is 16.2 Å². The van der Waals surface area contributed by atoms with Crippen LogP contribution in [0.15, 0.2) is 60.7 Å². The zero-order valence-corrected chi connectivity index (χ0v) is 16.7. The molecule has 0 aliphatic carbocycles. The van der Waals surface area contributed by atoms with E-state index in [0.717, 1.165) is 15.6 Å². The summed E-state index contributed by atoms with van der Waals surface area (Å²) in [5.41, 5.74) is 1.90. The average Bonchev–Trinajstić information content (AvgIpc) is 3.16. The number of hydrogen-bond acceptors (Lipinski definition) is 5. The van der Waals surface area contributed by atoms with Crippen molar-refractivity contribution >= 4 is 55.2 Å². The van der Waals surface area contributed by atoms with E-state index in [1.807, 2.05) is 48.5 Å². The Kier molecular flexibility index (Phi) is 4.52. The van der Waals surface area contributed by atoms with E-state index >= 15 is 0 Å². The molecule has 5 rings (SSSR count). The summed E-state index contributed by atoms with van der Waals surface area (Å²) in [4.78, 5) is 43.7. The third-order valence-electron chi connectivity index (χ3n) is 5.18. The highest BCUT2D eigenvalue weighted by atomic mass is 32.1. The van der Waals surface area contributed by atoms with Crippen molar-refractivity contribution in [2.24, 2.45) is 0 Å². The summed E-state index contributed by atoms with van der Waals surface area (Å²) in [6.07, 6.45) is 0.575. The molecule has 1 aromatic heterocycles. The number of benzene rings is 3. The Morgan fingerprint density at radius 1 is 0.933 bits per heavy atom. The van der Waals surface area contributed by atoms with Gasteiger partial charge in [0, 0.05) is 29.5 Å². The molecule has 0 fully saturated rings. The molecule has 2 heterocycles. The van der Waals surface area contributed by atoms with Crippen LogP contribution in [0.3, 0.4) is 0 Å². The molecule has 0 saturated heterocycles. The van der Waals surface area contributed by atoms with Crippen molar-refractivity contribution in [1.82, 2.24) is 9.88 Å². The number of nitrogens with zero attached hydrogens (tertiary/aromatic N) is 2. The molecule has 4 aromatic rings. The lowest BCUT2D eigenvalue weighted by atomic mass is 9.94. The smallest absolute Gasteiger partial charge is 0.261 e. The Morgan fingerprint density at radius 2 is 1.63 bits per heavy atom. The van der Waals surface area contributed by atoms with Gasteiger partial charge in [0.2, 0.25) is 5.91 Å². The minimum absolute atomic E-state index is 0.187. The number of anilines is 1. The SMILES string of the molecule is O=C(CCCN1C(=O)c2cccc3cccc(c23)C1=O)Nc1nc2ccccc2s1. The van der Waals surface area contributed by atoms with Crippen LogP contribution in [0.5, 0.6) is 0 Å². The van der Waals surface area contributed by atoms with Crippen LogP contribution in [0.2, 0.25) is 0 Å². The summed E-state index contributed by atoms with van der Waals surface area (Å²) in [6, 6.07) is 18.6. The van der Waals surface area contributed by atoms with E-state index < -0.39 is 0 Å². The lowest BCUT2D eigenvalue weighted by molar-refractivity contribution is -0.116. The van der Waals surface area contributed by atoms with Gasteiger partial charge in [-0.05, 0) is 36.1 Å². The van der Waals surface area contributed by atoms with Crippen molar-refractivity contribution in [2.75, 3.05) is 11.9 Å². The fourth-order valence-corrected chi connectivity index (χ4v) is 4.67. The van der Waals surface area contributed by atoms with E-state index in [0.29, 0.717) is 28.1 Å². The first-order chi connectivity index (χ1) is 14.6. The van der Waals surface area contributed by atoms with Crippen LogP contribution in [0.1, 0.15) is 33.6 Å². The first kappa shape index (κ1) is 18.4. The minimum Gasteiger partial charge on any atom is -0.302 e. The fraction of sp³-hybridized carbons (Fsp3) is 0.130. The van der Waals surface area contributed by atoms with Crippen molar-refractivity contribution in [3.8, 4) is 0 Å². The van der Waals surface area contributed by atoms with Crippen LogP contribution < -0.4 is 5.32 Å².